The third-order valence-corrected chi connectivity index (χ3v) is 4.03. The average Bonchev–Trinajstić information content (AvgIpc) is 2.93. The van der Waals surface area contributed by atoms with Crippen molar-refractivity contribution in [2.45, 2.75) is 13.0 Å². The van der Waals surface area contributed by atoms with E-state index in [1.54, 1.807) is 6.20 Å². The Morgan fingerprint density at radius 1 is 1.43 bits per heavy atom. The molecule has 0 atom stereocenters. The van der Waals surface area contributed by atoms with Gasteiger partial charge in [0, 0.05) is 34.8 Å². The van der Waals surface area contributed by atoms with Gasteiger partial charge in [-0.15, -0.1) is 0 Å². The van der Waals surface area contributed by atoms with E-state index in [2.05, 4.69) is 38.4 Å². The molecule has 3 N–H and O–H groups in total. The van der Waals surface area contributed by atoms with Crippen LogP contribution in [0.1, 0.15) is 16.7 Å². The number of nitrogens with two attached hydrogens (primary N) is 1. The van der Waals surface area contributed by atoms with Crippen LogP contribution in [-0.2, 0) is 13.0 Å². The van der Waals surface area contributed by atoms with Crippen molar-refractivity contribution in [1.82, 2.24) is 4.98 Å². The number of hydrogen-bond donors (Lipinski definition) is 2. The lowest BCUT2D eigenvalue weighted by molar-refractivity contribution is 0.354. The average molecular weight is 364 g/mol. The molecular formula is C15H14BrN3OS. The minimum absolute atomic E-state index is 0.354. The highest BCUT2D eigenvalue weighted by molar-refractivity contribution is 9.10. The maximum absolute atomic E-state index is 5.71. The SMILES string of the molecule is NC(=S)c1ccc(NCc2cc(Br)cc3c2OCC3)nc1. The number of nitrogens with one attached hydrogen (secondary N) is 1. The molecule has 1 aromatic carbocycles. The molecule has 0 saturated heterocycles. The number of anilines is 1. The molecule has 4 nitrogen and oxygen atoms in total. The number of ether oxygens (including phenoxy) is 1. The normalized spacial score (nSPS) is 12.6. The number of halogens is 1. The smallest absolute Gasteiger partial charge is 0.127 e. The first-order valence-corrected chi connectivity index (χ1v) is 7.77. The standard InChI is InChI=1S/C15H14BrN3OS/c16-12-5-9-3-4-20-14(9)11(6-12)8-19-13-2-1-10(7-18-13)15(17)21/h1-2,5-7H,3-4,8H2,(H2,17,21)(H,18,19). The molecule has 6 heteroatoms. The Hall–Kier alpha value is -1.66. The van der Waals surface area contributed by atoms with Gasteiger partial charge in [0.1, 0.15) is 16.6 Å². The van der Waals surface area contributed by atoms with Crippen molar-refractivity contribution in [2.24, 2.45) is 5.73 Å². The fourth-order valence-electron chi connectivity index (χ4n) is 2.31. The van der Waals surface area contributed by atoms with Crippen LogP contribution in [-0.4, -0.2) is 16.6 Å². The van der Waals surface area contributed by atoms with Crippen LogP contribution < -0.4 is 15.8 Å². The second-order valence-corrected chi connectivity index (χ2v) is 6.16. The maximum atomic E-state index is 5.71. The minimum Gasteiger partial charge on any atom is -0.493 e. The molecule has 0 radical (unpaired) electrons. The van der Waals surface area contributed by atoms with Gasteiger partial charge in [0.25, 0.3) is 0 Å². The first-order valence-electron chi connectivity index (χ1n) is 6.57. The summed E-state index contributed by atoms with van der Waals surface area (Å²) in [7, 11) is 0. The third kappa shape index (κ3) is 3.16. The molecule has 1 aliphatic heterocycles. The van der Waals surface area contributed by atoms with Gasteiger partial charge in [0.2, 0.25) is 0 Å². The zero-order valence-corrected chi connectivity index (χ0v) is 13.6. The number of fused-ring (bicyclic) bond motifs is 1. The van der Waals surface area contributed by atoms with Crippen LogP contribution in [0.25, 0.3) is 0 Å². The summed E-state index contributed by atoms with van der Waals surface area (Å²) in [6.07, 6.45) is 2.63. The van der Waals surface area contributed by atoms with E-state index >= 15 is 0 Å². The maximum Gasteiger partial charge on any atom is 0.127 e. The Kier molecular flexibility index (Phi) is 4.07. The van der Waals surface area contributed by atoms with E-state index in [1.165, 1.54) is 5.56 Å². The highest BCUT2D eigenvalue weighted by Crippen LogP contribution is 2.33. The van der Waals surface area contributed by atoms with Crippen molar-refractivity contribution < 1.29 is 4.74 Å². The van der Waals surface area contributed by atoms with Crippen LogP contribution in [0, 0.1) is 0 Å². The number of hydrogen-bond acceptors (Lipinski definition) is 4. The summed E-state index contributed by atoms with van der Waals surface area (Å²) in [6, 6.07) is 7.91. The van der Waals surface area contributed by atoms with E-state index in [1.807, 2.05) is 12.1 Å². The number of pyridine rings is 1. The van der Waals surface area contributed by atoms with Crippen LogP contribution in [0.2, 0.25) is 0 Å². The highest BCUT2D eigenvalue weighted by Gasteiger charge is 2.17. The molecule has 2 heterocycles. The lowest BCUT2D eigenvalue weighted by Gasteiger charge is -2.11. The Morgan fingerprint density at radius 3 is 3.00 bits per heavy atom. The van der Waals surface area contributed by atoms with Gasteiger partial charge in [0.15, 0.2) is 0 Å². The summed E-state index contributed by atoms with van der Waals surface area (Å²) < 4.78 is 6.78. The molecule has 0 fully saturated rings. The summed E-state index contributed by atoms with van der Waals surface area (Å²) in [4.78, 5) is 4.65. The number of nitrogens with zero attached hydrogens (tertiary/aromatic N) is 1. The van der Waals surface area contributed by atoms with E-state index in [0.717, 1.165) is 40.2 Å². The predicted molar refractivity (Wildman–Crippen MR) is 90.8 cm³/mol. The molecule has 0 bridgehead atoms. The molecule has 0 amide bonds. The molecule has 1 aliphatic rings. The predicted octanol–water partition coefficient (Wildman–Crippen LogP) is 3.03. The van der Waals surface area contributed by atoms with Gasteiger partial charge in [-0.05, 0) is 29.8 Å². The number of thiocarbonyl (C=S) groups is 1. The minimum atomic E-state index is 0.354. The van der Waals surface area contributed by atoms with Gasteiger partial charge in [-0.1, -0.05) is 28.1 Å². The van der Waals surface area contributed by atoms with Crippen LogP contribution in [0.15, 0.2) is 34.9 Å². The summed E-state index contributed by atoms with van der Waals surface area (Å²) in [5, 5.41) is 3.29. The third-order valence-electron chi connectivity index (χ3n) is 3.33. The Morgan fingerprint density at radius 2 is 2.29 bits per heavy atom. The molecular weight excluding hydrogens is 350 g/mol. The van der Waals surface area contributed by atoms with Crippen LogP contribution in [0.5, 0.6) is 5.75 Å². The van der Waals surface area contributed by atoms with Crippen molar-refractivity contribution in [3.63, 3.8) is 0 Å². The number of rotatable bonds is 4. The largest absolute Gasteiger partial charge is 0.493 e. The van der Waals surface area contributed by atoms with Crippen molar-refractivity contribution in [3.05, 3.63) is 51.6 Å². The Bertz CT molecular complexity index is 688. The first-order chi connectivity index (χ1) is 10.1. The van der Waals surface area contributed by atoms with Crippen molar-refractivity contribution in [3.8, 4) is 5.75 Å². The number of aromatic nitrogens is 1. The van der Waals surface area contributed by atoms with Crippen LogP contribution in [0.4, 0.5) is 5.82 Å². The van der Waals surface area contributed by atoms with Crippen molar-refractivity contribution in [1.29, 1.82) is 0 Å². The van der Waals surface area contributed by atoms with Gasteiger partial charge < -0.3 is 15.8 Å². The zero-order chi connectivity index (χ0) is 14.8. The molecule has 3 rings (SSSR count). The lowest BCUT2D eigenvalue weighted by atomic mass is 10.1. The molecule has 0 spiro atoms. The summed E-state index contributed by atoms with van der Waals surface area (Å²) in [5.74, 6) is 1.77. The monoisotopic (exact) mass is 363 g/mol. The van der Waals surface area contributed by atoms with Gasteiger partial charge >= 0.3 is 0 Å². The van der Waals surface area contributed by atoms with Crippen LogP contribution in [0.3, 0.4) is 0 Å². The Balaban J connectivity index is 1.75. The number of benzene rings is 1. The molecule has 0 saturated carbocycles. The first kappa shape index (κ1) is 14.3. The summed E-state index contributed by atoms with van der Waals surface area (Å²) in [6.45, 7) is 1.40. The van der Waals surface area contributed by atoms with Crippen molar-refractivity contribution in [2.75, 3.05) is 11.9 Å². The molecule has 0 unspecified atom stereocenters. The van der Waals surface area contributed by atoms with E-state index in [-0.39, 0.29) is 0 Å². The second-order valence-electron chi connectivity index (χ2n) is 4.80. The van der Waals surface area contributed by atoms with Gasteiger partial charge in [-0.25, -0.2) is 4.98 Å². The molecule has 0 aliphatic carbocycles. The van der Waals surface area contributed by atoms with Crippen molar-refractivity contribution >= 4 is 39.0 Å². The highest BCUT2D eigenvalue weighted by atomic mass is 79.9. The van der Waals surface area contributed by atoms with E-state index in [9.17, 15) is 0 Å². The lowest BCUT2D eigenvalue weighted by Crippen LogP contribution is -2.10. The van der Waals surface area contributed by atoms with Gasteiger partial charge in [-0.2, -0.15) is 0 Å². The van der Waals surface area contributed by atoms with E-state index in [0.29, 0.717) is 11.5 Å². The zero-order valence-electron chi connectivity index (χ0n) is 11.2. The quantitative estimate of drug-likeness (QED) is 0.817. The summed E-state index contributed by atoms with van der Waals surface area (Å²) in [5.41, 5.74) is 8.69. The van der Waals surface area contributed by atoms with E-state index < -0.39 is 0 Å². The fourth-order valence-corrected chi connectivity index (χ4v) is 2.98. The van der Waals surface area contributed by atoms with Crippen LogP contribution >= 0.6 is 28.1 Å². The Labute approximate surface area is 136 Å². The molecule has 2 aromatic rings. The van der Waals surface area contributed by atoms with E-state index in [4.69, 9.17) is 22.7 Å². The molecule has 108 valence electrons. The summed E-state index contributed by atoms with van der Waals surface area (Å²) >= 11 is 8.45. The second kappa shape index (κ2) is 5.99. The fraction of sp³-hybridized carbons (Fsp3) is 0.200. The topological polar surface area (TPSA) is 60.2 Å². The molecule has 21 heavy (non-hydrogen) atoms. The van der Waals surface area contributed by atoms with Gasteiger partial charge in [-0.3, -0.25) is 0 Å². The van der Waals surface area contributed by atoms with Gasteiger partial charge in [0.05, 0.1) is 6.61 Å². The molecule has 1 aromatic heterocycles.